The number of hydrogen-bond acceptors (Lipinski definition) is 2. The Labute approximate surface area is 55.9 Å². The molecule has 0 saturated carbocycles. The van der Waals surface area contributed by atoms with E-state index in [0.717, 1.165) is 6.54 Å². The maximum absolute atomic E-state index is 8.74. The normalized spacial score (nSPS) is 8.56. The van der Waals surface area contributed by atoms with Gasteiger partial charge in [0.05, 0.1) is 0 Å². The van der Waals surface area contributed by atoms with Crippen LogP contribution in [0.15, 0.2) is 0 Å². The van der Waals surface area contributed by atoms with Crippen LogP contribution in [-0.2, 0) is 4.57 Å². The lowest BCUT2D eigenvalue weighted by Gasteiger charge is -1.84. The van der Waals surface area contributed by atoms with Gasteiger partial charge in [0.25, 0.3) is 0 Å². The molecule has 0 unspecified atom stereocenters. The largest absolute Gasteiger partial charge is 0.326 e. The minimum absolute atomic E-state index is 1.14. The summed E-state index contributed by atoms with van der Waals surface area (Å²) in [6, 6.07) is 0. The molecule has 0 aromatic heterocycles. The van der Waals surface area contributed by atoms with Crippen LogP contribution in [0.4, 0.5) is 0 Å². The molecule has 0 rings (SSSR count). The van der Waals surface area contributed by atoms with Crippen molar-refractivity contribution in [2.45, 2.75) is 13.3 Å². The van der Waals surface area contributed by atoms with Gasteiger partial charge in [-0.25, -0.2) is 0 Å². The van der Waals surface area contributed by atoms with Gasteiger partial charge in [0.1, 0.15) is 0 Å². The molecule has 0 aromatic carbocycles. The highest BCUT2D eigenvalue weighted by atomic mass is 31.1. The second-order valence-corrected chi connectivity index (χ2v) is 1.95. The summed E-state index contributed by atoms with van der Waals surface area (Å²) in [7, 11) is -1.17. The van der Waals surface area contributed by atoms with Crippen LogP contribution < -0.4 is 5.32 Å². The van der Waals surface area contributed by atoms with E-state index >= 15 is 0 Å². The monoisotopic (exact) mass is 155 g/mol. The van der Waals surface area contributed by atoms with Gasteiger partial charge < -0.3 is 15.1 Å². The van der Waals surface area contributed by atoms with Crippen LogP contribution in [0.25, 0.3) is 0 Å². The molecule has 58 valence electrons. The van der Waals surface area contributed by atoms with Crippen LogP contribution in [0.2, 0.25) is 0 Å². The van der Waals surface area contributed by atoms with Gasteiger partial charge >= 0.3 is 8.25 Å². The second kappa shape index (κ2) is 11.0. The van der Waals surface area contributed by atoms with Crippen molar-refractivity contribution < 1.29 is 14.4 Å². The zero-order chi connectivity index (χ0) is 7.70. The van der Waals surface area contributed by atoms with Crippen molar-refractivity contribution in [1.82, 2.24) is 5.32 Å². The Balaban J connectivity index is 0. The Morgan fingerprint density at radius 3 is 1.89 bits per heavy atom. The molecule has 0 aliphatic rings. The van der Waals surface area contributed by atoms with Gasteiger partial charge in [-0.15, -0.1) is 0 Å². The molecule has 0 bridgehead atoms. The molecule has 0 aromatic rings. The fraction of sp³-hybridized carbons (Fsp3) is 1.00. The van der Waals surface area contributed by atoms with Gasteiger partial charge in [-0.1, -0.05) is 6.92 Å². The lowest BCUT2D eigenvalue weighted by molar-refractivity contribution is 0.405. The van der Waals surface area contributed by atoms with E-state index in [1.807, 2.05) is 7.05 Å². The van der Waals surface area contributed by atoms with Crippen LogP contribution in [0, 0.1) is 0 Å². The highest BCUT2D eigenvalue weighted by Crippen LogP contribution is 1.98. The quantitative estimate of drug-likeness (QED) is 0.490. The first kappa shape index (κ1) is 11.9. The van der Waals surface area contributed by atoms with E-state index in [4.69, 9.17) is 14.4 Å². The minimum Gasteiger partial charge on any atom is -0.326 e. The molecule has 0 spiro atoms. The lowest BCUT2D eigenvalue weighted by atomic mass is 10.5. The van der Waals surface area contributed by atoms with Crippen LogP contribution in [0.1, 0.15) is 13.3 Å². The molecule has 3 N–H and O–H groups in total. The van der Waals surface area contributed by atoms with Gasteiger partial charge in [0.2, 0.25) is 0 Å². The van der Waals surface area contributed by atoms with Gasteiger partial charge in [0, 0.05) is 0 Å². The average Bonchev–Trinajstić information content (AvgIpc) is 1.66. The van der Waals surface area contributed by atoms with E-state index in [1.54, 1.807) is 0 Å². The fourth-order valence-corrected chi connectivity index (χ4v) is 0.250. The van der Waals surface area contributed by atoms with Crippen molar-refractivity contribution >= 4 is 8.25 Å². The van der Waals surface area contributed by atoms with Crippen molar-refractivity contribution in [1.29, 1.82) is 0 Å². The molecule has 0 aliphatic heterocycles. The van der Waals surface area contributed by atoms with Gasteiger partial charge in [0.15, 0.2) is 0 Å². The summed E-state index contributed by atoms with van der Waals surface area (Å²) >= 11 is 0. The molecule has 5 heteroatoms. The zero-order valence-corrected chi connectivity index (χ0v) is 6.72. The first-order chi connectivity index (χ1) is 4.15. The molecule has 0 saturated heterocycles. The summed E-state index contributed by atoms with van der Waals surface area (Å²) < 4.78 is 8.74. The second-order valence-electron chi connectivity index (χ2n) is 1.39. The van der Waals surface area contributed by atoms with E-state index in [-0.39, 0.29) is 0 Å². The van der Waals surface area contributed by atoms with Crippen molar-refractivity contribution in [3.05, 3.63) is 0 Å². The van der Waals surface area contributed by atoms with Crippen molar-refractivity contribution in [3.63, 3.8) is 0 Å². The molecule has 9 heavy (non-hydrogen) atoms. The van der Waals surface area contributed by atoms with Crippen LogP contribution >= 0.6 is 8.25 Å². The van der Waals surface area contributed by atoms with E-state index < -0.39 is 8.25 Å². The van der Waals surface area contributed by atoms with Gasteiger partial charge in [-0.3, -0.25) is 4.57 Å². The van der Waals surface area contributed by atoms with E-state index in [2.05, 4.69) is 12.2 Å². The maximum Gasteiger partial charge on any atom is 0.314 e. The molecule has 4 nitrogen and oxygen atoms in total. The van der Waals surface area contributed by atoms with Crippen molar-refractivity contribution in [2.24, 2.45) is 0 Å². The number of rotatable bonds is 2. The summed E-state index contributed by atoms with van der Waals surface area (Å²) in [6.07, 6.45) is 1.23. The Bertz CT molecular complexity index is 62.8. The van der Waals surface area contributed by atoms with E-state index in [1.165, 1.54) is 6.42 Å². The molecular formula is C4H14NO3P. The SMILES string of the molecule is CCCNC.O=[PH](O)O. The predicted octanol–water partition coefficient (Wildman–Crippen LogP) is -0.0235. The lowest BCUT2D eigenvalue weighted by Crippen LogP contribution is -2.04. The van der Waals surface area contributed by atoms with Gasteiger partial charge in [-0.05, 0) is 20.0 Å². The fourth-order valence-electron chi connectivity index (χ4n) is 0.250. The number of nitrogens with one attached hydrogen (secondary N) is 1. The van der Waals surface area contributed by atoms with Crippen LogP contribution in [-0.4, -0.2) is 23.4 Å². The molecule has 0 amide bonds. The minimum atomic E-state index is -3.13. The Kier molecular flexibility index (Phi) is 14.5. The van der Waals surface area contributed by atoms with Crippen molar-refractivity contribution in [3.8, 4) is 0 Å². The summed E-state index contributed by atoms with van der Waals surface area (Å²) in [4.78, 5) is 14.3. The van der Waals surface area contributed by atoms with E-state index in [9.17, 15) is 0 Å². The molecule has 0 atom stereocenters. The topological polar surface area (TPSA) is 69.6 Å². The standard InChI is InChI=1S/C4H11N.H3O3P/c1-3-4-5-2;1-4(2)3/h5H,3-4H2,1-2H3;4H,(H2,1,2,3). The Morgan fingerprint density at radius 2 is 1.89 bits per heavy atom. The maximum atomic E-state index is 8.74. The zero-order valence-electron chi connectivity index (χ0n) is 5.72. The summed E-state index contributed by atoms with van der Waals surface area (Å²) in [5, 5.41) is 3.02. The molecular weight excluding hydrogens is 141 g/mol. The first-order valence-electron chi connectivity index (χ1n) is 2.71. The molecule has 0 heterocycles. The highest BCUT2D eigenvalue weighted by Gasteiger charge is 1.64. The Morgan fingerprint density at radius 1 is 1.56 bits per heavy atom. The average molecular weight is 155 g/mol. The van der Waals surface area contributed by atoms with Crippen LogP contribution in [0.5, 0.6) is 0 Å². The molecule has 0 radical (unpaired) electrons. The third kappa shape index (κ3) is 68.0. The van der Waals surface area contributed by atoms with E-state index in [0.29, 0.717) is 0 Å². The summed E-state index contributed by atoms with van der Waals surface area (Å²) in [5.74, 6) is 0. The predicted molar refractivity (Wildman–Crippen MR) is 37.7 cm³/mol. The van der Waals surface area contributed by atoms with Crippen molar-refractivity contribution in [2.75, 3.05) is 13.6 Å². The summed E-state index contributed by atoms with van der Waals surface area (Å²) in [5.41, 5.74) is 0. The molecule has 0 aliphatic carbocycles. The smallest absolute Gasteiger partial charge is 0.314 e. The molecule has 0 fully saturated rings. The van der Waals surface area contributed by atoms with Crippen LogP contribution in [0.3, 0.4) is 0 Å². The third-order valence-electron chi connectivity index (χ3n) is 0.500. The highest BCUT2D eigenvalue weighted by molar-refractivity contribution is 7.30. The number of hydrogen-bond donors (Lipinski definition) is 3. The third-order valence-corrected chi connectivity index (χ3v) is 0.500. The first-order valence-corrected chi connectivity index (χ1v) is 4.01. The summed E-state index contributed by atoms with van der Waals surface area (Å²) in [6.45, 7) is 3.29. The van der Waals surface area contributed by atoms with Gasteiger partial charge in [-0.2, -0.15) is 0 Å². The Hall–Kier alpha value is 0.110.